The number of aromatic nitrogens is 1. The Bertz CT molecular complexity index is 258. The second kappa shape index (κ2) is 4.82. The zero-order valence-electron chi connectivity index (χ0n) is 8.54. The van der Waals surface area contributed by atoms with E-state index >= 15 is 0 Å². The van der Waals surface area contributed by atoms with E-state index in [1.54, 1.807) is 0 Å². The summed E-state index contributed by atoms with van der Waals surface area (Å²) < 4.78 is 0. The van der Waals surface area contributed by atoms with E-state index in [0.717, 1.165) is 18.8 Å². The maximum atomic E-state index is 4.33. The maximum absolute atomic E-state index is 4.33. The van der Waals surface area contributed by atoms with Gasteiger partial charge in [0.25, 0.3) is 0 Å². The van der Waals surface area contributed by atoms with Crippen molar-refractivity contribution in [1.82, 2.24) is 10.3 Å². The van der Waals surface area contributed by atoms with Gasteiger partial charge in [-0.05, 0) is 31.6 Å². The van der Waals surface area contributed by atoms with Crippen molar-refractivity contribution in [3.8, 4) is 0 Å². The first kappa shape index (κ1) is 9.99. The lowest BCUT2D eigenvalue weighted by Crippen LogP contribution is -2.16. The summed E-state index contributed by atoms with van der Waals surface area (Å²) in [4.78, 5) is 6.38. The molecule has 0 saturated heterocycles. The summed E-state index contributed by atoms with van der Waals surface area (Å²) in [5.74, 6) is 1.07. The standard InChI is InChI=1S/C10H17N3/c1-11-8-6-9-5-4-7-12-10(9)13(2)3/h4-5,7,11H,6,8H2,1-3H3. The van der Waals surface area contributed by atoms with Crippen molar-refractivity contribution < 1.29 is 0 Å². The van der Waals surface area contributed by atoms with E-state index in [2.05, 4.69) is 16.4 Å². The number of pyridine rings is 1. The monoisotopic (exact) mass is 179 g/mol. The Morgan fingerprint density at radius 2 is 2.23 bits per heavy atom. The van der Waals surface area contributed by atoms with E-state index in [4.69, 9.17) is 0 Å². The van der Waals surface area contributed by atoms with Gasteiger partial charge in [-0.15, -0.1) is 0 Å². The molecule has 0 atom stereocenters. The normalized spacial score (nSPS) is 10.1. The summed E-state index contributed by atoms with van der Waals surface area (Å²) in [7, 11) is 6.00. The molecule has 0 amide bonds. The largest absolute Gasteiger partial charge is 0.363 e. The molecule has 0 saturated carbocycles. The second-order valence-corrected chi connectivity index (χ2v) is 3.23. The van der Waals surface area contributed by atoms with Gasteiger partial charge < -0.3 is 10.2 Å². The zero-order valence-corrected chi connectivity index (χ0v) is 8.54. The Morgan fingerprint density at radius 3 is 2.85 bits per heavy atom. The van der Waals surface area contributed by atoms with Crippen molar-refractivity contribution in [3.05, 3.63) is 23.9 Å². The fourth-order valence-electron chi connectivity index (χ4n) is 1.29. The van der Waals surface area contributed by atoms with Crippen LogP contribution >= 0.6 is 0 Å². The molecule has 1 rings (SSSR count). The number of likely N-dealkylation sites (N-methyl/N-ethyl adjacent to an activating group) is 1. The van der Waals surface area contributed by atoms with Gasteiger partial charge in [-0.3, -0.25) is 0 Å². The molecule has 1 aromatic rings. The SMILES string of the molecule is CNCCc1cccnc1N(C)C. The van der Waals surface area contributed by atoms with Crippen molar-refractivity contribution in [2.45, 2.75) is 6.42 Å². The van der Waals surface area contributed by atoms with Gasteiger partial charge >= 0.3 is 0 Å². The van der Waals surface area contributed by atoms with Gasteiger partial charge in [-0.1, -0.05) is 6.07 Å². The molecule has 0 fully saturated rings. The fourth-order valence-corrected chi connectivity index (χ4v) is 1.29. The van der Waals surface area contributed by atoms with Crippen molar-refractivity contribution in [1.29, 1.82) is 0 Å². The first-order valence-electron chi connectivity index (χ1n) is 4.51. The van der Waals surface area contributed by atoms with Crippen LogP contribution in [0.1, 0.15) is 5.56 Å². The lowest BCUT2D eigenvalue weighted by molar-refractivity contribution is 0.787. The van der Waals surface area contributed by atoms with Crippen LogP contribution in [0.25, 0.3) is 0 Å². The molecule has 0 aliphatic rings. The van der Waals surface area contributed by atoms with Crippen LogP contribution in [0.15, 0.2) is 18.3 Å². The smallest absolute Gasteiger partial charge is 0.131 e. The van der Waals surface area contributed by atoms with E-state index in [1.165, 1.54) is 5.56 Å². The summed E-state index contributed by atoms with van der Waals surface area (Å²) in [5, 5.41) is 3.14. The number of nitrogens with one attached hydrogen (secondary N) is 1. The van der Waals surface area contributed by atoms with Crippen LogP contribution in [-0.4, -0.2) is 32.7 Å². The summed E-state index contributed by atoms with van der Waals surface area (Å²) >= 11 is 0. The van der Waals surface area contributed by atoms with E-state index in [0.29, 0.717) is 0 Å². The molecule has 1 heterocycles. The molecule has 0 unspecified atom stereocenters. The second-order valence-electron chi connectivity index (χ2n) is 3.23. The third-order valence-corrected chi connectivity index (χ3v) is 1.94. The minimum Gasteiger partial charge on any atom is -0.363 e. The van der Waals surface area contributed by atoms with Gasteiger partial charge in [-0.2, -0.15) is 0 Å². The number of hydrogen-bond donors (Lipinski definition) is 1. The Hall–Kier alpha value is -1.09. The molecule has 0 aliphatic heterocycles. The fraction of sp³-hybridized carbons (Fsp3) is 0.500. The molecule has 13 heavy (non-hydrogen) atoms. The zero-order chi connectivity index (χ0) is 9.68. The minimum absolute atomic E-state index is 0.993. The summed E-state index contributed by atoms with van der Waals surface area (Å²) in [6, 6.07) is 4.11. The van der Waals surface area contributed by atoms with Crippen molar-refractivity contribution in [3.63, 3.8) is 0 Å². The summed E-state index contributed by atoms with van der Waals surface area (Å²) in [5.41, 5.74) is 1.29. The maximum Gasteiger partial charge on any atom is 0.131 e. The molecule has 0 bridgehead atoms. The van der Waals surface area contributed by atoms with Crippen LogP contribution in [0.4, 0.5) is 5.82 Å². The average molecular weight is 179 g/mol. The molecule has 72 valence electrons. The van der Waals surface area contributed by atoms with E-state index in [-0.39, 0.29) is 0 Å². The number of nitrogens with zero attached hydrogens (tertiary/aromatic N) is 2. The van der Waals surface area contributed by atoms with Crippen LogP contribution in [-0.2, 0) is 6.42 Å². The topological polar surface area (TPSA) is 28.2 Å². The van der Waals surface area contributed by atoms with E-state index in [9.17, 15) is 0 Å². The molecule has 0 spiro atoms. The summed E-state index contributed by atoms with van der Waals surface area (Å²) in [6.07, 6.45) is 2.86. The Kier molecular flexibility index (Phi) is 3.71. The third kappa shape index (κ3) is 2.70. The van der Waals surface area contributed by atoms with Gasteiger partial charge in [0.1, 0.15) is 5.82 Å². The van der Waals surface area contributed by atoms with Gasteiger partial charge in [0.2, 0.25) is 0 Å². The van der Waals surface area contributed by atoms with Crippen LogP contribution < -0.4 is 10.2 Å². The van der Waals surface area contributed by atoms with Gasteiger partial charge in [0, 0.05) is 20.3 Å². The highest BCUT2D eigenvalue weighted by Gasteiger charge is 2.03. The Labute approximate surface area is 79.8 Å². The third-order valence-electron chi connectivity index (χ3n) is 1.94. The molecular weight excluding hydrogens is 162 g/mol. The molecule has 1 aromatic heterocycles. The van der Waals surface area contributed by atoms with Crippen molar-refractivity contribution in [2.24, 2.45) is 0 Å². The molecule has 3 nitrogen and oxygen atoms in total. The van der Waals surface area contributed by atoms with Crippen LogP contribution in [0.3, 0.4) is 0 Å². The molecule has 0 aromatic carbocycles. The molecule has 0 aliphatic carbocycles. The number of rotatable bonds is 4. The number of hydrogen-bond acceptors (Lipinski definition) is 3. The lowest BCUT2D eigenvalue weighted by Gasteiger charge is -2.15. The minimum atomic E-state index is 0.993. The van der Waals surface area contributed by atoms with Crippen LogP contribution in [0, 0.1) is 0 Å². The Morgan fingerprint density at radius 1 is 1.46 bits per heavy atom. The predicted octanol–water partition coefficient (Wildman–Crippen LogP) is 0.909. The van der Waals surface area contributed by atoms with Gasteiger partial charge in [0.05, 0.1) is 0 Å². The predicted molar refractivity (Wildman–Crippen MR) is 56.2 cm³/mol. The quantitative estimate of drug-likeness (QED) is 0.744. The molecular formula is C10H17N3. The lowest BCUT2D eigenvalue weighted by atomic mass is 10.2. The van der Waals surface area contributed by atoms with Crippen LogP contribution in [0.2, 0.25) is 0 Å². The molecule has 0 radical (unpaired) electrons. The van der Waals surface area contributed by atoms with Gasteiger partial charge in [0.15, 0.2) is 0 Å². The highest BCUT2D eigenvalue weighted by atomic mass is 15.1. The number of anilines is 1. The van der Waals surface area contributed by atoms with Crippen LogP contribution in [0.5, 0.6) is 0 Å². The highest BCUT2D eigenvalue weighted by Crippen LogP contribution is 2.14. The summed E-state index contributed by atoms with van der Waals surface area (Å²) in [6.45, 7) is 0.993. The van der Waals surface area contributed by atoms with Gasteiger partial charge in [-0.25, -0.2) is 4.98 Å². The Balaban J connectivity index is 2.78. The van der Waals surface area contributed by atoms with Crippen molar-refractivity contribution >= 4 is 5.82 Å². The first-order chi connectivity index (χ1) is 6.25. The van der Waals surface area contributed by atoms with Crippen molar-refractivity contribution in [2.75, 3.05) is 32.6 Å². The highest BCUT2D eigenvalue weighted by molar-refractivity contribution is 5.45. The molecule has 1 N–H and O–H groups in total. The first-order valence-corrected chi connectivity index (χ1v) is 4.51. The average Bonchev–Trinajstić information content (AvgIpc) is 2.15. The van der Waals surface area contributed by atoms with E-state index in [1.807, 2.05) is 38.3 Å². The van der Waals surface area contributed by atoms with E-state index < -0.39 is 0 Å². The molecule has 3 heteroatoms.